The average Bonchev–Trinajstić information content (AvgIpc) is 2.59. The monoisotopic (exact) mass is 318 g/mol. The highest BCUT2D eigenvalue weighted by molar-refractivity contribution is 6.66. The molecule has 1 aliphatic rings. The summed E-state index contributed by atoms with van der Waals surface area (Å²) in [6.07, 6.45) is 4.13. The minimum absolute atomic E-state index is 0.142. The van der Waals surface area contributed by atoms with E-state index in [9.17, 15) is 0 Å². The Balaban J connectivity index is 1.76. The summed E-state index contributed by atoms with van der Waals surface area (Å²) < 4.78 is 0. The van der Waals surface area contributed by atoms with Crippen LogP contribution in [0.3, 0.4) is 0 Å². The molecule has 0 atom stereocenters. The molecule has 3 rings (SSSR count). The summed E-state index contributed by atoms with van der Waals surface area (Å²) in [7, 11) is 0. The van der Waals surface area contributed by atoms with Crippen LogP contribution in [-0.4, -0.2) is 22.4 Å². The summed E-state index contributed by atoms with van der Waals surface area (Å²) >= 11 is 0. The van der Waals surface area contributed by atoms with Crippen LogP contribution in [0.15, 0.2) is 24.5 Å². The van der Waals surface area contributed by atoms with Gasteiger partial charge in [-0.25, -0.2) is 15.2 Å². The van der Waals surface area contributed by atoms with Crippen LogP contribution in [-0.2, 0) is 19.3 Å². The second-order valence-corrected chi connectivity index (χ2v) is 6.13. The molecule has 7 heteroatoms. The van der Waals surface area contributed by atoms with Gasteiger partial charge in [-0.2, -0.15) is 0 Å². The molecule has 6 nitrogen and oxygen atoms in total. The number of nitrogens with zero attached hydrogens (tertiary/aromatic N) is 3. The fourth-order valence-electron chi connectivity index (χ4n) is 3.12. The largest absolute Gasteiger partial charge is 0.383 e. The van der Waals surface area contributed by atoms with E-state index in [0.717, 1.165) is 24.6 Å². The van der Waals surface area contributed by atoms with Gasteiger partial charge in [0.1, 0.15) is 18.0 Å². The van der Waals surface area contributed by atoms with E-state index in [2.05, 4.69) is 39.5 Å². The molecule has 1 aliphatic heterocycles. The number of hydrogen-bond acceptors (Lipinski definition) is 6. The highest BCUT2D eigenvalue weighted by Crippen LogP contribution is 2.23. The number of aromatic nitrogens is 2. The van der Waals surface area contributed by atoms with Crippen LogP contribution in [0.2, 0.25) is 6.32 Å². The van der Waals surface area contributed by atoms with Crippen LogP contribution in [0.25, 0.3) is 0 Å². The fourth-order valence-corrected chi connectivity index (χ4v) is 3.12. The zero-order valence-corrected chi connectivity index (χ0v) is 13.6. The molecule has 0 unspecified atom stereocenters. The first kappa shape index (κ1) is 16.0. The molecule has 0 saturated carbocycles. The van der Waals surface area contributed by atoms with Crippen molar-refractivity contribution >= 4 is 24.1 Å². The molecule has 2 aromatic rings. The molecule has 0 saturated heterocycles. The molecular weight excluding hydrogens is 299 g/mol. The van der Waals surface area contributed by atoms with Crippen LogP contribution >= 0.6 is 0 Å². The first-order valence-electron chi connectivity index (χ1n) is 7.98. The Morgan fingerprint density at radius 1 is 1.42 bits per heavy atom. The highest BCUT2D eigenvalue weighted by atomic mass is 15.0. The predicted octanol–water partition coefficient (Wildman–Crippen LogP) is 2.25. The maximum absolute atomic E-state index is 9.08. The van der Waals surface area contributed by atoms with Crippen molar-refractivity contribution in [2.24, 2.45) is 0 Å². The number of nitrogens with two attached hydrogens (primary N) is 1. The lowest BCUT2D eigenvalue weighted by atomic mass is 9.42. The number of hydrogen-bond donors (Lipinski definition) is 3. The van der Waals surface area contributed by atoms with Crippen molar-refractivity contribution in [2.75, 3.05) is 11.1 Å². The van der Waals surface area contributed by atoms with E-state index in [1.807, 2.05) is 0 Å². The van der Waals surface area contributed by atoms with Crippen LogP contribution in [0.1, 0.15) is 29.2 Å². The second kappa shape index (κ2) is 6.71. The summed E-state index contributed by atoms with van der Waals surface area (Å²) in [5.74, 6) is 3.26. The Hall–Kier alpha value is -2.88. The van der Waals surface area contributed by atoms with Gasteiger partial charge < -0.3 is 16.5 Å². The van der Waals surface area contributed by atoms with Crippen molar-refractivity contribution in [3.05, 3.63) is 46.8 Å². The van der Waals surface area contributed by atoms with Crippen molar-refractivity contribution in [3.63, 3.8) is 0 Å². The number of anilines is 2. The number of fused-ring (bicyclic) bond motifs is 1. The van der Waals surface area contributed by atoms with E-state index in [1.54, 1.807) is 6.92 Å². The number of rotatable bonds is 4. The van der Waals surface area contributed by atoms with Gasteiger partial charge in [-0.3, -0.25) is 0 Å². The summed E-state index contributed by atoms with van der Waals surface area (Å²) in [6, 6.07) is 6.39. The Morgan fingerprint density at radius 2 is 2.25 bits per heavy atom. The van der Waals surface area contributed by atoms with E-state index >= 15 is 0 Å². The van der Waals surface area contributed by atoms with Gasteiger partial charge in [0.2, 0.25) is 0 Å². The number of nitrogens with one attached hydrogen (secondary N) is 2. The zero-order chi connectivity index (χ0) is 17.1. The van der Waals surface area contributed by atoms with Crippen molar-refractivity contribution < 1.29 is 0 Å². The lowest BCUT2D eigenvalue weighted by molar-refractivity contribution is 1.00. The molecule has 0 bridgehead atoms. The molecule has 1 aromatic heterocycles. The normalized spacial score (nSPS) is 13.1. The van der Waals surface area contributed by atoms with E-state index in [1.165, 1.54) is 17.5 Å². The van der Waals surface area contributed by atoms with E-state index in [-0.39, 0.29) is 6.71 Å². The molecule has 0 amide bonds. The number of nitrogen functional groups attached to an aromatic ring is 1. The van der Waals surface area contributed by atoms with E-state index in [4.69, 9.17) is 16.4 Å². The second-order valence-electron chi connectivity index (χ2n) is 6.13. The van der Waals surface area contributed by atoms with Crippen LogP contribution in [0.5, 0.6) is 0 Å². The SMILES string of the molecule is CC(=N)c1c(N)ncnc1NCc1ccc2c(c1)CCB(C#N)C2. The quantitative estimate of drug-likeness (QED) is 0.591. The van der Waals surface area contributed by atoms with Gasteiger partial charge in [0, 0.05) is 18.2 Å². The maximum atomic E-state index is 9.08. The van der Waals surface area contributed by atoms with Gasteiger partial charge in [-0.1, -0.05) is 30.1 Å². The zero-order valence-electron chi connectivity index (χ0n) is 13.6. The molecule has 4 N–H and O–H groups in total. The lowest BCUT2D eigenvalue weighted by Gasteiger charge is -2.19. The predicted molar refractivity (Wildman–Crippen MR) is 96.3 cm³/mol. The molecule has 24 heavy (non-hydrogen) atoms. The summed E-state index contributed by atoms with van der Waals surface area (Å²) in [6.45, 7) is 2.42. The molecule has 1 aromatic carbocycles. The minimum atomic E-state index is 0.142. The van der Waals surface area contributed by atoms with Crippen molar-refractivity contribution in [3.8, 4) is 5.97 Å². The van der Waals surface area contributed by atoms with Gasteiger partial charge in [-0.15, -0.1) is 0 Å². The third kappa shape index (κ3) is 3.23. The van der Waals surface area contributed by atoms with Crippen molar-refractivity contribution in [1.29, 1.82) is 10.7 Å². The van der Waals surface area contributed by atoms with Gasteiger partial charge in [0.05, 0.1) is 5.56 Å². The molecule has 2 heterocycles. The van der Waals surface area contributed by atoms with Crippen LogP contribution in [0.4, 0.5) is 11.6 Å². The molecular formula is C17H19BN6. The molecule has 0 radical (unpaired) electrons. The fraction of sp³-hybridized carbons (Fsp3) is 0.294. The number of aryl methyl sites for hydroxylation is 1. The number of benzene rings is 1. The van der Waals surface area contributed by atoms with E-state index in [0.29, 0.717) is 29.5 Å². The molecule has 0 spiro atoms. The van der Waals surface area contributed by atoms with Gasteiger partial charge in [-0.05, 0) is 30.8 Å². The summed E-state index contributed by atoms with van der Waals surface area (Å²) in [5.41, 5.74) is 10.5. The van der Waals surface area contributed by atoms with Gasteiger partial charge in [0.15, 0.2) is 0 Å². The smallest absolute Gasteiger partial charge is 0.272 e. The first-order chi connectivity index (χ1) is 11.6. The highest BCUT2D eigenvalue weighted by Gasteiger charge is 2.22. The first-order valence-corrected chi connectivity index (χ1v) is 7.98. The molecule has 0 fully saturated rings. The molecule has 120 valence electrons. The Labute approximate surface area is 141 Å². The minimum Gasteiger partial charge on any atom is -0.383 e. The average molecular weight is 318 g/mol. The van der Waals surface area contributed by atoms with Gasteiger partial charge in [0.25, 0.3) is 6.71 Å². The van der Waals surface area contributed by atoms with Crippen molar-refractivity contribution in [2.45, 2.75) is 32.5 Å². The van der Waals surface area contributed by atoms with Crippen molar-refractivity contribution in [1.82, 2.24) is 9.97 Å². The topological polar surface area (TPSA) is 111 Å². The van der Waals surface area contributed by atoms with Crippen LogP contribution in [0, 0.1) is 16.6 Å². The van der Waals surface area contributed by atoms with E-state index < -0.39 is 0 Å². The Morgan fingerprint density at radius 3 is 3.00 bits per heavy atom. The van der Waals surface area contributed by atoms with Gasteiger partial charge >= 0.3 is 0 Å². The summed E-state index contributed by atoms with van der Waals surface area (Å²) in [4.78, 5) is 8.15. The number of nitriles is 1. The molecule has 0 aliphatic carbocycles. The lowest BCUT2D eigenvalue weighted by Crippen LogP contribution is -2.22. The third-order valence-corrected chi connectivity index (χ3v) is 4.39. The maximum Gasteiger partial charge on any atom is 0.272 e. The Kier molecular flexibility index (Phi) is 4.47. The van der Waals surface area contributed by atoms with Crippen LogP contribution < -0.4 is 11.1 Å². The Bertz CT molecular complexity index is 826. The summed E-state index contributed by atoms with van der Waals surface area (Å²) in [5, 5.41) is 20.2. The standard InChI is InChI=1S/C17H19BN6/c1-11(20)15-16(21)23-10-24-17(15)22-8-12-2-3-14-7-18(9-19)5-4-13(14)6-12/h2-3,6,10,20H,4-5,7-8H2,1H3,(H3,21,22,23,24). The third-order valence-electron chi connectivity index (χ3n) is 4.39.